The number of carboxylic acid groups (broad SMARTS) is 1. The Morgan fingerprint density at radius 3 is 3.00 bits per heavy atom. The zero-order chi connectivity index (χ0) is 13.0. The second kappa shape index (κ2) is 5.96. The van der Waals surface area contributed by atoms with Gasteiger partial charge in [0, 0.05) is 12.6 Å². The molecule has 1 aromatic rings. The average Bonchev–Trinajstić information content (AvgIpc) is 2.31. The number of carboxylic acids is 1. The number of benzene rings is 1. The van der Waals surface area contributed by atoms with E-state index in [1.165, 1.54) is 12.1 Å². The number of hydrogen-bond acceptors (Lipinski definition) is 2. The molecule has 0 amide bonds. The van der Waals surface area contributed by atoms with E-state index >= 15 is 0 Å². The molecule has 4 heteroatoms. The number of rotatable bonds is 4. The third kappa shape index (κ3) is 3.53. The normalized spacial score (nSPS) is 20.8. The highest BCUT2D eigenvalue weighted by Gasteiger charge is 2.24. The minimum atomic E-state index is -0.758. The molecule has 0 bridgehead atoms. The standard InChI is InChI=1S/C14H18FNO2/c15-12-5-3-4-11(8-12)10-16-7-2-1-6-13(16)9-14(17)18/h3-5,8,13H,1-2,6-7,9-10H2,(H,17,18). The summed E-state index contributed by atoms with van der Waals surface area (Å²) in [4.78, 5) is 13.0. The molecule has 1 fully saturated rings. The lowest BCUT2D eigenvalue weighted by Gasteiger charge is -2.34. The summed E-state index contributed by atoms with van der Waals surface area (Å²) in [5.74, 6) is -0.995. The molecule has 0 radical (unpaired) electrons. The maximum atomic E-state index is 13.1. The van der Waals surface area contributed by atoms with Crippen LogP contribution in [0.2, 0.25) is 0 Å². The molecule has 18 heavy (non-hydrogen) atoms. The van der Waals surface area contributed by atoms with Gasteiger partial charge < -0.3 is 5.11 Å². The van der Waals surface area contributed by atoms with Crippen molar-refractivity contribution >= 4 is 5.97 Å². The van der Waals surface area contributed by atoms with E-state index in [0.717, 1.165) is 31.4 Å². The summed E-state index contributed by atoms with van der Waals surface area (Å²) in [5, 5.41) is 8.91. The van der Waals surface area contributed by atoms with Crippen LogP contribution in [0.15, 0.2) is 24.3 Å². The fourth-order valence-corrected chi connectivity index (χ4v) is 2.57. The number of aliphatic carboxylic acids is 1. The highest BCUT2D eigenvalue weighted by molar-refractivity contribution is 5.67. The molecule has 0 aromatic heterocycles. The Bertz CT molecular complexity index is 422. The highest BCUT2D eigenvalue weighted by Crippen LogP contribution is 2.22. The van der Waals surface area contributed by atoms with Crippen molar-refractivity contribution in [3.8, 4) is 0 Å². The molecule has 1 aliphatic heterocycles. The summed E-state index contributed by atoms with van der Waals surface area (Å²) in [6.45, 7) is 1.53. The number of likely N-dealkylation sites (tertiary alicyclic amines) is 1. The molecule has 0 spiro atoms. The van der Waals surface area contributed by atoms with Crippen molar-refractivity contribution < 1.29 is 14.3 Å². The monoisotopic (exact) mass is 251 g/mol. The molecule has 1 atom stereocenters. The maximum absolute atomic E-state index is 13.1. The molecule has 1 heterocycles. The Kier molecular flexibility index (Phi) is 4.31. The van der Waals surface area contributed by atoms with E-state index in [1.807, 2.05) is 6.07 Å². The van der Waals surface area contributed by atoms with Crippen molar-refractivity contribution in [2.45, 2.75) is 38.3 Å². The molecular weight excluding hydrogens is 233 g/mol. The largest absolute Gasteiger partial charge is 0.481 e. The Morgan fingerprint density at radius 2 is 2.28 bits per heavy atom. The molecule has 0 aliphatic carbocycles. The van der Waals surface area contributed by atoms with E-state index in [0.29, 0.717) is 6.54 Å². The van der Waals surface area contributed by atoms with Crippen LogP contribution in [0.3, 0.4) is 0 Å². The lowest BCUT2D eigenvalue weighted by atomic mass is 9.98. The zero-order valence-electron chi connectivity index (χ0n) is 10.3. The average molecular weight is 251 g/mol. The minimum absolute atomic E-state index is 0.0829. The molecule has 1 aromatic carbocycles. The number of nitrogens with zero attached hydrogens (tertiary/aromatic N) is 1. The molecule has 2 rings (SSSR count). The van der Waals surface area contributed by atoms with E-state index < -0.39 is 5.97 Å². The van der Waals surface area contributed by atoms with E-state index in [4.69, 9.17) is 5.11 Å². The first-order valence-electron chi connectivity index (χ1n) is 6.35. The molecule has 1 saturated heterocycles. The van der Waals surface area contributed by atoms with Crippen molar-refractivity contribution in [3.05, 3.63) is 35.6 Å². The van der Waals surface area contributed by atoms with E-state index in [1.54, 1.807) is 6.07 Å². The fourth-order valence-electron chi connectivity index (χ4n) is 2.57. The molecule has 3 nitrogen and oxygen atoms in total. The predicted octanol–water partition coefficient (Wildman–Crippen LogP) is 2.65. The van der Waals surface area contributed by atoms with Gasteiger partial charge in [-0.1, -0.05) is 18.6 Å². The Balaban J connectivity index is 2.03. The SMILES string of the molecule is O=C(O)CC1CCCCN1Cc1cccc(F)c1. The van der Waals surface area contributed by atoms with Crippen LogP contribution in [0.5, 0.6) is 0 Å². The van der Waals surface area contributed by atoms with Gasteiger partial charge in [0.15, 0.2) is 0 Å². The predicted molar refractivity (Wildman–Crippen MR) is 66.7 cm³/mol. The van der Waals surface area contributed by atoms with Gasteiger partial charge >= 0.3 is 5.97 Å². The first kappa shape index (κ1) is 13.0. The van der Waals surface area contributed by atoms with Gasteiger partial charge in [0.05, 0.1) is 6.42 Å². The highest BCUT2D eigenvalue weighted by atomic mass is 19.1. The van der Waals surface area contributed by atoms with Crippen LogP contribution in [0.4, 0.5) is 4.39 Å². The fraction of sp³-hybridized carbons (Fsp3) is 0.500. The summed E-state index contributed by atoms with van der Waals surface area (Å²) in [5.41, 5.74) is 0.910. The Hall–Kier alpha value is -1.42. The van der Waals surface area contributed by atoms with Gasteiger partial charge in [0.25, 0.3) is 0 Å². The number of hydrogen-bond donors (Lipinski definition) is 1. The van der Waals surface area contributed by atoms with Crippen LogP contribution < -0.4 is 0 Å². The Morgan fingerprint density at radius 1 is 1.44 bits per heavy atom. The first-order valence-corrected chi connectivity index (χ1v) is 6.35. The van der Waals surface area contributed by atoms with E-state index in [-0.39, 0.29) is 18.3 Å². The summed E-state index contributed by atoms with van der Waals surface area (Å²) in [7, 11) is 0. The van der Waals surface area contributed by atoms with Crippen LogP contribution in [0.1, 0.15) is 31.2 Å². The quantitative estimate of drug-likeness (QED) is 0.894. The van der Waals surface area contributed by atoms with Crippen molar-refractivity contribution in [2.24, 2.45) is 0 Å². The molecule has 1 aliphatic rings. The second-order valence-electron chi connectivity index (χ2n) is 4.85. The smallest absolute Gasteiger partial charge is 0.304 e. The van der Waals surface area contributed by atoms with Crippen LogP contribution in [-0.4, -0.2) is 28.6 Å². The lowest BCUT2D eigenvalue weighted by Crippen LogP contribution is -2.40. The van der Waals surface area contributed by atoms with Crippen LogP contribution in [0.25, 0.3) is 0 Å². The van der Waals surface area contributed by atoms with E-state index in [9.17, 15) is 9.18 Å². The summed E-state index contributed by atoms with van der Waals surface area (Å²) >= 11 is 0. The third-order valence-corrected chi connectivity index (χ3v) is 3.43. The lowest BCUT2D eigenvalue weighted by molar-refractivity contribution is -0.138. The third-order valence-electron chi connectivity index (χ3n) is 3.43. The minimum Gasteiger partial charge on any atom is -0.481 e. The Labute approximate surface area is 106 Å². The zero-order valence-corrected chi connectivity index (χ0v) is 10.3. The second-order valence-corrected chi connectivity index (χ2v) is 4.85. The number of carbonyl (C=O) groups is 1. The van der Waals surface area contributed by atoms with Crippen LogP contribution in [0, 0.1) is 5.82 Å². The van der Waals surface area contributed by atoms with Gasteiger partial charge in [-0.15, -0.1) is 0 Å². The summed E-state index contributed by atoms with van der Waals surface area (Å²) in [6, 6.07) is 6.61. The van der Waals surface area contributed by atoms with Gasteiger partial charge in [-0.05, 0) is 37.1 Å². The topological polar surface area (TPSA) is 40.5 Å². The van der Waals surface area contributed by atoms with Gasteiger partial charge in [-0.25, -0.2) is 4.39 Å². The van der Waals surface area contributed by atoms with Gasteiger partial charge in [-0.3, -0.25) is 9.69 Å². The number of piperidine rings is 1. The molecule has 98 valence electrons. The van der Waals surface area contributed by atoms with Crippen molar-refractivity contribution in [3.63, 3.8) is 0 Å². The van der Waals surface area contributed by atoms with Crippen molar-refractivity contribution in [2.75, 3.05) is 6.54 Å². The molecular formula is C14H18FNO2. The number of halogens is 1. The van der Waals surface area contributed by atoms with E-state index in [2.05, 4.69) is 4.90 Å². The molecule has 1 unspecified atom stereocenters. The van der Waals surface area contributed by atoms with Gasteiger partial charge in [0.1, 0.15) is 5.82 Å². The molecule has 1 N–H and O–H groups in total. The maximum Gasteiger partial charge on any atom is 0.304 e. The van der Waals surface area contributed by atoms with Gasteiger partial charge in [0.2, 0.25) is 0 Å². The first-order chi connectivity index (χ1) is 8.65. The molecule has 0 saturated carbocycles. The van der Waals surface area contributed by atoms with Crippen LogP contribution >= 0.6 is 0 Å². The van der Waals surface area contributed by atoms with Crippen molar-refractivity contribution in [1.82, 2.24) is 4.90 Å². The van der Waals surface area contributed by atoms with Crippen LogP contribution in [-0.2, 0) is 11.3 Å². The van der Waals surface area contributed by atoms with Gasteiger partial charge in [-0.2, -0.15) is 0 Å². The summed E-state index contributed by atoms with van der Waals surface area (Å²) in [6.07, 6.45) is 3.26. The summed E-state index contributed by atoms with van der Waals surface area (Å²) < 4.78 is 13.1. The van der Waals surface area contributed by atoms with Crippen molar-refractivity contribution in [1.29, 1.82) is 0 Å².